The quantitative estimate of drug-likeness (QED) is 0.411. The fourth-order valence-electron chi connectivity index (χ4n) is 4.86. The second-order valence-corrected chi connectivity index (χ2v) is 7.14. The van der Waals surface area contributed by atoms with Gasteiger partial charge in [-0.15, -0.1) is 0 Å². The average Bonchev–Trinajstić information content (AvgIpc) is 3.28. The van der Waals surface area contributed by atoms with Crippen molar-refractivity contribution in [3.63, 3.8) is 0 Å². The van der Waals surface area contributed by atoms with Crippen LogP contribution in [0.15, 0.2) is 60.7 Å². The van der Waals surface area contributed by atoms with E-state index in [2.05, 4.69) is 5.10 Å². The molecule has 2 aromatic carbocycles. The van der Waals surface area contributed by atoms with E-state index in [-0.39, 0.29) is 0 Å². The van der Waals surface area contributed by atoms with Crippen LogP contribution in [0.25, 0.3) is 22.5 Å². The van der Waals surface area contributed by atoms with Crippen molar-refractivity contribution >= 4 is 0 Å². The smallest absolute Gasteiger partial charge is 0.255 e. The van der Waals surface area contributed by atoms with Crippen molar-refractivity contribution in [1.82, 2.24) is 5.10 Å². The summed E-state index contributed by atoms with van der Waals surface area (Å²) >= 11 is 0. The number of ether oxygens (including phenoxy) is 1. The molecule has 0 unspecified atom stereocenters. The Labute approximate surface area is 145 Å². The summed E-state index contributed by atoms with van der Waals surface area (Å²) in [6, 6.07) is 19.9. The molecule has 1 saturated heterocycles. The van der Waals surface area contributed by atoms with Gasteiger partial charge in [0, 0.05) is 33.6 Å². The lowest BCUT2D eigenvalue weighted by atomic mass is 9.86. The summed E-state index contributed by atoms with van der Waals surface area (Å²) < 4.78 is 5.90. The molecule has 2 heterocycles. The predicted molar refractivity (Wildman–Crippen MR) is 92.8 cm³/mol. The van der Waals surface area contributed by atoms with Crippen LogP contribution in [0, 0.1) is 5.21 Å². The number of epoxide rings is 1. The molecule has 1 saturated carbocycles. The Hall–Kier alpha value is -2.72. The van der Waals surface area contributed by atoms with Gasteiger partial charge < -0.3 is 9.94 Å². The molecule has 0 radical (unpaired) electrons. The zero-order chi connectivity index (χ0) is 16.5. The highest BCUT2D eigenvalue weighted by atomic mass is 16.6. The number of hydrogen-bond donors (Lipinski definition) is 0. The predicted octanol–water partition coefficient (Wildman–Crippen LogP) is 3.40. The molecule has 1 aromatic heterocycles. The summed E-state index contributed by atoms with van der Waals surface area (Å²) in [7, 11) is 0. The van der Waals surface area contributed by atoms with Crippen molar-refractivity contribution in [3.8, 4) is 22.5 Å². The zero-order valence-corrected chi connectivity index (χ0v) is 13.5. The van der Waals surface area contributed by atoms with Gasteiger partial charge in [0.25, 0.3) is 5.69 Å². The van der Waals surface area contributed by atoms with Gasteiger partial charge in [0.2, 0.25) is 0 Å². The standard InChI is InChI=1S/C21H16N2O2/c24-23-19(13-9-5-2-6-10-13)17-15-11-14(20-21(15)25-20)16(17)18(22-23)12-7-3-1-4-8-12/h1-10,14-15,20-21H,11H2/t14-,15+,20-,21+/m1/s1. The van der Waals surface area contributed by atoms with Crippen LogP contribution in [0.3, 0.4) is 0 Å². The maximum atomic E-state index is 12.9. The van der Waals surface area contributed by atoms with Crippen LogP contribution < -0.4 is 4.85 Å². The molecule has 4 nitrogen and oxygen atoms in total. The molecule has 2 fully saturated rings. The van der Waals surface area contributed by atoms with Gasteiger partial charge in [0.1, 0.15) is 5.69 Å². The molecule has 2 bridgehead atoms. The van der Waals surface area contributed by atoms with Gasteiger partial charge in [-0.25, -0.2) is 0 Å². The van der Waals surface area contributed by atoms with E-state index in [4.69, 9.17) is 4.74 Å². The Kier molecular flexibility index (Phi) is 2.53. The topological polar surface area (TPSA) is 52.4 Å². The highest BCUT2D eigenvalue weighted by molar-refractivity contribution is 5.74. The van der Waals surface area contributed by atoms with Crippen LogP contribution >= 0.6 is 0 Å². The molecule has 2 aliphatic carbocycles. The molecule has 122 valence electrons. The van der Waals surface area contributed by atoms with Crippen LogP contribution in [0.2, 0.25) is 0 Å². The first-order chi connectivity index (χ1) is 12.3. The maximum absolute atomic E-state index is 12.9. The SMILES string of the molecule is [O-][n+]1nc(-c2ccccc2)c2c(c1-c1ccccc1)[C@@H]1C[C@H]2[C@H]2O[C@H]21. The van der Waals surface area contributed by atoms with Crippen LogP contribution in [-0.4, -0.2) is 17.3 Å². The maximum Gasteiger partial charge on any atom is 0.255 e. The lowest BCUT2D eigenvalue weighted by Gasteiger charge is -2.18. The average molecular weight is 328 g/mol. The molecular weight excluding hydrogens is 312 g/mol. The number of benzene rings is 2. The second kappa shape index (κ2) is 4.67. The summed E-state index contributed by atoms with van der Waals surface area (Å²) in [6.07, 6.45) is 1.70. The third-order valence-electron chi connectivity index (χ3n) is 5.88. The number of hydrogen-bond acceptors (Lipinski definition) is 3. The van der Waals surface area contributed by atoms with E-state index in [9.17, 15) is 5.21 Å². The number of rotatable bonds is 2. The lowest BCUT2D eigenvalue weighted by molar-refractivity contribution is -0.657. The molecule has 0 amide bonds. The summed E-state index contributed by atoms with van der Waals surface area (Å²) in [6.45, 7) is 0. The fraction of sp³-hybridized carbons (Fsp3) is 0.238. The first-order valence-electron chi connectivity index (χ1n) is 8.77. The van der Waals surface area contributed by atoms with Crippen molar-refractivity contribution in [2.75, 3.05) is 0 Å². The normalized spacial score (nSPS) is 27.8. The van der Waals surface area contributed by atoms with Crippen molar-refractivity contribution in [2.24, 2.45) is 0 Å². The molecular formula is C21H16N2O2. The Morgan fingerprint density at radius 3 is 2.12 bits per heavy atom. The number of fused-ring (bicyclic) bond motifs is 8. The van der Waals surface area contributed by atoms with E-state index in [0.29, 0.717) is 29.7 Å². The molecule has 6 rings (SSSR count). The van der Waals surface area contributed by atoms with Gasteiger partial charge in [-0.3, -0.25) is 0 Å². The van der Waals surface area contributed by atoms with Crippen LogP contribution in [-0.2, 0) is 4.74 Å². The third-order valence-corrected chi connectivity index (χ3v) is 5.88. The fourth-order valence-corrected chi connectivity index (χ4v) is 4.86. The van der Waals surface area contributed by atoms with Gasteiger partial charge in [0.05, 0.1) is 17.8 Å². The van der Waals surface area contributed by atoms with E-state index < -0.39 is 0 Å². The zero-order valence-electron chi connectivity index (χ0n) is 13.5. The van der Waals surface area contributed by atoms with Gasteiger partial charge in [0.15, 0.2) is 0 Å². The molecule has 0 spiro atoms. The second-order valence-electron chi connectivity index (χ2n) is 7.14. The number of nitrogens with zero attached hydrogens (tertiary/aromatic N) is 2. The molecule has 4 atom stereocenters. The molecule has 3 aromatic rings. The Morgan fingerprint density at radius 1 is 0.840 bits per heavy atom. The van der Waals surface area contributed by atoms with Gasteiger partial charge >= 0.3 is 0 Å². The van der Waals surface area contributed by atoms with E-state index in [0.717, 1.165) is 28.1 Å². The molecule has 1 aliphatic heterocycles. The van der Waals surface area contributed by atoms with E-state index in [1.165, 1.54) is 11.1 Å². The van der Waals surface area contributed by atoms with Crippen molar-refractivity contribution in [3.05, 3.63) is 77.0 Å². The highest BCUT2D eigenvalue weighted by Gasteiger charge is 2.64. The summed E-state index contributed by atoms with van der Waals surface area (Å²) in [5.74, 6) is 0.697. The minimum absolute atomic E-state index is 0.297. The van der Waals surface area contributed by atoms with E-state index in [1.54, 1.807) is 0 Å². The Morgan fingerprint density at radius 2 is 1.44 bits per heavy atom. The molecule has 3 aliphatic rings. The Bertz CT molecular complexity index is 988. The first-order valence-corrected chi connectivity index (χ1v) is 8.77. The van der Waals surface area contributed by atoms with Crippen LogP contribution in [0.1, 0.15) is 29.4 Å². The van der Waals surface area contributed by atoms with Gasteiger partial charge in [-0.05, 0) is 23.4 Å². The lowest BCUT2D eigenvalue weighted by Crippen LogP contribution is -2.37. The largest absolute Gasteiger partial charge is 0.594 e. The molecule has 25 heavy (non-hydrogen) atoms. The van der Waals surface area contributed by atoms with Crippen molar-refractivity contribution in [2.45, 2.75) is 30.5 Å². The van der Waals surface area contributed by atoms with E-state index >= 15 is 0 Å². The minimum atomic E-state index is 0.297. The van der Waals surface area contributed by atoms with Gasteiger partial charge in [-0.2, -0.15) is 0 Å². The Balaban J connectivity index is 1.67. The van der Waals surface area contributed by atoms with Crippen molar-refractivity contribution in [1.29, 1.82) is 0 Å². The monoisotopic (exact) mass is 328 g/mol. The summed E-state index contributed by atoms with van der Waals surface area (Å²) in [5.41, 5.74) is 5.88. The highest BCUT2D eigenvalue weighted by Crippen LogP contribution is 2.65. The number of aromatic nitrogens is 2. The molecule has 0 N–H and O–H groups in total. The minimum Gasteiger partial charge on any atom is -0.594 e. The van der Waals surface area contributed by atoms with Gasteiger partial charge in [-0.1, -0.05) is 48.5 Å². The van der Waals surface area contributed by atoms with Crippen LogP contribution in [0.5, 0.6) is 0 Å². The summed E-state index contributed by atoms with van der Waals surface area (Å²) in [4.78, 5) is 0.828. The van der Waals surface area contributed by atoms with E-state index in [1.807, 2.05) is 60.7 Å². The summed E-state index contributed by atoms with van der Waals surface area (Å²) in [5, 5.41) is 17.4. The third kappa shape index (κ3) is 1.75. The molecule has 4 heteroatoms. The van der Waals surface area contributed by atoms with Crippen molar-refractivity contribution < 1.29 is 9.58 Å². The van der Waals surface area contributed by atoms with Crippen LogP contribution in [0.4, 0.5) is 0 Å². The first kappa shape index (κ1) is 13.6.